The zero-order chi connectivity index (χ0) is 14.4. The normalized spacial score (nSPS) is 11.1. The Morgan fingerprint density at radius 2 is 2.15 bits per heavy atom. The molecular formula is C14H17ClN4S. The number of halogens is 1. The third kappa shape index (κ3) is 3.95. The Morgan fingerprint density at radius 3 is 2.85 bits per heavy atom. The molecule has 0 amide bonds. The number of hydrogen-bond acceptors (Lipinski definition) is 3. The van der Waals surface area contributed by atoms with Gasteiger partial charge in [0, 0.05) is 18.0 Å². The SMILES string of the molecule is CCCc1n[nH]c(=S)n1NCC=Cc1ccc(Cl)cc1. The van der Waals surface area contributed by atoms with E-state index in [0.717, 1.165) is 29.3 Å². The number of rotatable bonds is 6. The smallest absolute Gasteiger partial charge is 0.214 e. The Morgan fingerprint density at radius 1 is 1.40 bits per heavy atom. The summed E-state index contributed by atoms with van der Waals surface area (Å²) in [7, 11) is 0. The summed E-state index contributed by atoms with van der Waals surface area (Å²) in [4.78, 5) is 0. The molecule has 0 saturated carbocycles. The molecule has 0 atom stereocenters. The van der Waals surface area contributed by atoms with Gasteiger partial charge in [-0.2, -0.15) is 5.10 Å². The molecule has 0 radical (unpaired) electrons. The topological polar surface area (TPSA) is 45.6 Å². The average Bonchev–Trinajstić information content (AvgIpc) is 2.78. The van der Waals surface area contributed by atoms with E-state index in [1.807, 2.05) is 41.1 Å². The fourth-order valence-electron chi connectivity index (χ4n) is 1.80. The number of aromatic nitrogens is 3. The van der Waals surface area contributed by atoms with E-state index >= 15 is 0 Å². The zero-order valence-corrected chi connectivity index (χ0v) is 12.8. The van der Waals surface area contributed by atoms with E-state index in [1.165, 1.54) is 0 Å². The van der Waals surface area contributed by atoms with Crippen LogP contribution in [0.15, 0.2) is 30.3 Å². The standard InChI is InChI=1S/C14H17ClN4S/c1-2-4-13-17-18-14(20)19(13)16-10-3-5-11-6-8-12(15)9-7-11/h3,5-9,16H,2,4,10H2,1H3,(H,18,20). The summed E-state index contributed by atoms with van der Waals surface area (Å²) in [5, 5.41) is 7.74. The molecule has 0 unspecified atom stereocenters. The summed E-state index contributed by atoms with van der Waals surface area (Å²) in [5.74, 6) is 0.928. The lowest BCUT2D eigenvalue weighted by atomic mass is 10.2. The first-order valence-electron chi connectivity index (χ1n) is 6.53. The molecule has 2 N–H and O–H groups in total. The first-order valence-corrected chi connectivity index (χ1v) is 7.31. The fourth-order valence-corrected chi connectivity index (χ4v) is 2.14. The Balaban J connectivity index is 1.94. The quantitative estimate of drug-likeness (QED) is 0.798. The monoisotopic (exact) mass is 308 g/mol. The molecule has 20 heavy (non-hydrogen) atoms. The molecule has 2 aromatic rings. The summed E-state index contributed by atoms with van der Waals surface area (Å²) in [6.45, 7) is 2.79. The van der Waals surface area contributed by atoms with E-state index in [-0.39, 0.29) is 0 Å². The van der Waals surface area contributed by atoms with Gasteiger partial charge in [-0.15, -0.1) is 0 Å². The second kappa shape index (κ2) is 7.26. The average molecular weight is 309 g/mol. The second-order valence-corrected chi connectivity index (χ2v) is 5.17. The van der Waals surface area contributed by atoms with Crippen molar-refractivity contribution in [1.82, 2.24) is 14.9 Å². The van der Waals surface area contributed by atoms with Crippen molar-refractivity contribution < 1.29 is 0 Å². The summed E-state index contributed by atoms with van der Waals surface area (Å²) < 4.78 is 2.42. The predicted octanol–water partition coefficient (Wildman–Crippen LogP) is 3.80. The van der Waals surface area contributed by atoms with Gasteiger partial charge in [0.25, 0.3) is 0 Å². The highest BCUT2D eigenvalue weighted by atomic mass is 35.5. The van der Waals surface area contributed by atoms with Crippen LogP contribution in [-0.4, -0.2) is 21.4 Å². The highest BCUT2D eigenvalue weighted by molar-refractivity contribution is 7.71. The van der Waals surface area contributed by atoms with E-state index in [4.69, 9.17) is 23.8 Å². The number of benzene rings is 1. The van der Waals surface area contributed by atoms with Crippen molar-refractivity contribution in [3.8, 4) is 0 Å². The molecule has 0 aliphatic carbocycles. The molecule has 6 heteroatoms. The van der Waals surface area contributed by atoms with Crippen molar-refractivity contribution in [1.29, 1.82) is 0 Å². The van der Waals surface area contributed by atoms with E-state index < -0.39 is 0 Å². The zero-order valence-electron chi connectivity index (χ0n) is 11.3. The molecule has 1 aromatic heterocycles. The number of nitrogens with zero attached hydrogens (tertiary/aromatic N) is 2. The molecular weight excluding hydrogens is 292 g/mol. The highest BCUT2D eigenvalue weighted by Crippen LogP contribution is 2.10. The third-order valence-corrected chi connectivity index (χ3v) is 3.29. The molecule has 0 fully saturated rings. The van der Waals surface area contributed by atoms with E-state index in [1.54, 1.807) is 0 Å². The minimum Gasteiger partial charge on any atom is -0.318 e. The molecule has 0 aliphatic heterocycles. The summed E-state index contributed by atoms with van der Waals surface area (Å²) in [6, 6.07) is 7.70. The van der Waals surface area contributed by atoms with Crippen molar-refractivity contribution in [2.24, 2.45) is 0 Å². The van der Waals surface area contributed by atoms with Gasteiger partial charge in [0.15, 0.2) is 5.82 Å². The van der Waals surface area contributed by atoms with Crippen LogP contribution in [-0.2, 0) is 6.42 Å². The van der Waals surface area contributed by atoms with Crippen LogP contribution in [0.25, 0.3) is 6.08 Å². The van der Waals surface area contributed by atoms with Gasteiger partial charge in [-0.05, 0) is 36.3 Å². The van der Waals surface area contributed by atoms with Gasteiger partial charge in [0.05, 0.1) is 0 Å². The Bertz CT molecular complexity index is 627. The molecule has 0 saturated heterocycles. The molecule has 2 rings (SSSR count). The summed E-state index contributed by atoms with van der Waals surface area (Å²) in [6.07, 6.45) is 5.99. The largest absolute Gasteiger partial charge is 0.318 e. The Hall–Kier alpha value is -1.59. The van der Waals surface area contributed by atoms with Crippen molar-refractivity contribution in [3.63, 3.8) is 0 Å². The molecule has 106 valence electrons. The summed E-state index contributed by atoms with van der Waals surface area (Å²) >= 11 is 11.0. The van der Waals surface area contributed by atoms with Gasteiger partial charge in [-0.25, -0.2) is 4.68 Å². The number of H-pyrrole nitrogens is 1. The van der Waals surface area contributed by atoms with Crippen LogP contribution in [0.5, 0.6) is 0 Å². The first-order chi connectivity index (χ1) is 9.70. The second-order valence-electron chi connectivity index (χ2n) is 4.35. The number of aromatic amines is 1. The van der Waals surface area contributed by atoms with Crippen LogP contribution in [0.4, 0.5) is 0 Å². The van der Waals surface area contributed by atoms with E-state index in [9.17, 15) is 0 Å². The molecule has 1 aromatic carbocycles. The number of aryl methyl sites for hydroxylation is 1. The molecule has 0 spiro atoms. The van der Waals surface area contributed by atoms with Gasteiger partial charge in [-0.3, -0.25) is 5.10 Å². The van der Waals surface area contributed by atoms with Crippen molar-refractivity contribution in [2.75, 3.05) is 12.0 Å². The van der Waals surface area contributed by atoms with E-state index in [2.05, 4.69) is 22.5 Å². The predicted molar refractivity (Wildman–Crippen MR) is 86.1 cm³/mol. The summed E-state index contributed by atoms with van der Waals surface area (Å²) in [5.41, 5.74) is 4.35. The Kier molecular flexibility index (Phi) is 5.38. The van der Waals surface area contributed by atoms with Crippen molar-refractivity contribution in [2.45, 2.75) is 19.8 Å². The van der Waals surface area contributed by atoms with Crippen LogP contribution in [0.2, 0.25) is 5.02 Å². The lowest BCUT2D eigenvalue weighted by molar-refractivity contribution is 0.750. The van der Waals surface area contributed by atoms with Crippen molar-refractivity contribution >= 4 is 29.9 Å². The maximum Gasteiger partial charge on any atom is 0.214 e. The third-order valence-electron chi connectivity index (χ3n) is 2.76. The van der Waals surface area contributed by atoms with Gasteiger partial charge in [0.1, 0.15) is 0 Å². The van der Waals surface area contributed by atoms with Crippen LogP contribution in [0.1, 0.15) is 24.7 Å². The Labute approximate surface area is 128 Å². The minimum atomic E-state index is 0.591. The lowest BCUT2D eigenvalue weighted by Gasteiger charge is -2.06. The highest BCUT2D eigenvalue weighted by Gasteiger charge is 2.02. The minimum absolute atomic E-state index is 0.591. The fraction of sp³-hybridized carbons (Fsp3) is 0.286. The molecule has 4 nitrogen and oxygen atoms in total. The van der Waals surface area contributed by atoms with Crippen LogP contribution < -0.4 is 5.43 Å². The van der Waals surface area contributed by atoms with Crippen molar-refractivity contribution in [3.05, 3.63) is 51.5 Å². The number of nitrogens with one attached hydrogen (secondary N) is 2. The van der Waals surface area contributed by atoms with E-state index in [0.29, 0.717) is 11.3 Å². The lowest BCUT2D eigenvalue weighted by Crippen LogP contribution is -2.17. The van der Waals surface area contributed by atoms with Gasteiger partial charge >= 0.3 is 0 Å². The van der Waals surface area contributed by atoms with Gasteiger partial charge in [-0.1, -0.05) is 42.8 Å². The maximum atomic E-state index is 5.84. The van der Waals surface area contributed by atoms with Crippen LogP contribution in [0, 0.1) is 4.77 Å². The maximum absolute atomic E-state index is 5.84. The molecule has 0 bridgehead atoms. The first kappa shape index (κ1) is 14.8. The van der Waals surface area contributed by atoms with Gasteiger partial charge < -0.3 is 5.43 Å². The van der Waals surface area contributed by atoms with Crippen LogP contribution >= 0.6 is 23.8 Å². The molecule has 0 aliphatic rings. The van der Waals surface area contributed by atoms with Gasteiger partial charge in [0.2, 0.25) is 4.77 Å². The molecule has 1 heterocycles. The number of hydrogen-bond donors (Lipinski definition) is 2. The van der Waals surface area contributed by atoms with Crippen LogP contribution in [0.3, 0.4) is 0 Å².